The molecule has 1 N–H and O–H groups in total. The Morgan fingerprint density at radius 2 is 1.96 bits per heavy atom. The van der Waals surface area contributed by atoms with E-state index in [1.807, 2.05) is 24.3 Å². The second-order valence-electron chi connectivity index (χ2n) is 5.70. The second-order valence-corrected chi connectivity index (χ2v) is 6.14. The minimum atomic E-state index is -0.457. The lowest BCUT2D eigenvalue weighted by molar-refractivity contribution is 0.0953. The maximum atomic E-state index is 13.9. The Kier molecular flexibility index (Phi) is 5.14. The van der Waals surface area contributed by atoms with E-state index in [2.05, 4.69) is 10.4 Å². The molecule has 25 heavy (non-hydrogen) atoms. The summed E-state index contributed by atoms with van der Waals surface area (Å²) in [6.07, 6.45) is 2.30. The Bertz CT molecular complexity index is 890. The van der Waals surface area contributed by atoms with E-state index in [1.54, 1.807) is 30.1 Å². The third-order valence-corrected chi connectivity index (χ3v) is 4.14. The number of aryl methyl sites for hydroxylation is 1. The largest absolute Gasteiger partial charge is 0.352 e. The molecule has 0 aliphatic heterocycles. The molecule has 1 amide bonds. The number of nitrogens with one attached hydrogen (secondary N) is 1. The number of halogens is 2. The van der Waals surface area contributed by atoms with Gasteiger partial charge in [0, 0.05) is 35.9 Å². The van der Waals surface area contributed by atoms with Crippen molar-refractivity contribution in [3.63, 3.8) is 0 Å². The van der Waals surface area contributed by atoms with E-state index >= 15 is 0 Å². The third kappa shape index (κ3) is 4.25. The molecule has 6 heteroatoms. The highest BCUT2D eigenvalue weighted by Crippen LogP contribution is 2.21. The van der Waals surface area contributed by atoms with Crippen molar-refractivity contribution in [2.24, 2.45) is 7.05 Å². The molecule has 0 radical (unpaired) electrons. The van der Waals surface area contributed by atoms with Crippen molar-refractivity contribution in [2.45, 2.75) is 6.42 Å². The molecule has 0 bridgehead atoms. The first-order valence-electron chi connectivity index (χ1n) is 7.84. The van der Waals surface area contributed by atoms with Crippen LogP contribution >= 0.6 is 11.6 Å². The maximum absolute atomic E-state index is 13.9. The first-order valence-corrected chi connectivity index (χ1v) is 8.22. The number of benzene rings is 2. The van der Waals surface area contributed by atoms with Crippen LogP contribution in [-0.2, 0) is 13.5 Å². The molecule has 2 aromatic carbocycles. The van der Waals surface area contributed by atoms with Crippen LogP contribution in [0.5, 0.6) is 0 Å². The number of aromatic nitrogens is 2. The topological polar surface area (TPSA) is 46.9 Å². The molecule has 0 fully saturated rings. The standard InChI is InChI=1S/C19H17ClFN3O/c1-24-18(7-9-23-24)14-10-15(12-17(21)11-14)19(25)22-8-6-13-2-4-16(20)5-3-13/h2-5,7,9-12H,6,8H2,1H3,(H,22,25). The Hall–Kier alpha value is -2.66. The van der Waals surface area contributed by atoms with Crippen LogP contribution in [0.2, 0.25) is 5.02 Å². The van der Waals surface area contributed by atoms with Gasteiger partial charge in [0.2, 0.25) is 0 Å². The molecule has 0 aliphatic carbocycles. The first kappa shape index (κ1) is 17.2. The fourth-order valence-electron chi connectivity index (χ4n) is 2.60. The van der Waals surface area contributed by atoms with Crippen LogP contribution < -0.4 is 5.32 Å². The van der Waals surface area contributed by atoms with Gasteiger partial charge in [0.25, 0.3) is 5.91 Å². The summed E-state index contributed by atoms with van der Waals surface area (Å²) in [6.45, 7) is 0.456. The van der Waals surface area contributed by atoms with Gasteiger partial charge < -0.3 is 5.32 Å². The Balaban J connectivity index is 1.68. The molecule has 128 valence electrons. The molecule has 1 aromatic heterocycles. The Labute approximate surface area is 150 Å². The minimum absolute atomic E-state index is 0.285. The van der Waals surface area contributed by atoms with Crippen molar-refractivity contribution in [1.82, 2.24) is 15.1 Å². The van der Waals surface area contributed by atoms with Gasteiger partial charge in [-0.1, -0.05) is 23.7 Å². The summed E-state index contributed by atoms with van der Waals surface area (Å²) in [4.78, 5) is 12.3. The third-order valence-electron chi connectivity index (χ3n) is 3.89. The van der Waals surface area contributed by atoms with E-state index in [0.717, 1.165) is 11.3 Å². The van der Waals surface area contributed by atoms with Crippen molar-refractivity contribution in [2.75, 3.05) is 6.54 Å². The van der Waals surface area contributed by atoms with E-state index < -0.39 is 5.82 Å². The van der Waals surface area contributed by atoms with Crippen LogP contribution in [0.3, 0.4) is 0 Å². The van der Waals surface area contributed by atoms with Gasteiger partial charge in [0.05, 0.1) is 5.69 Å². The molecule has 0 saturated heterocycles. The van der Waals surface area contributed by atoms with Crippen LogP contribution in [0.15, 0.2) is 54.7 Å². The molecule has 0 spiro atoms. The predicted molar refractivity (Wildman–Crippen MR) is 96.1 cm³/mol. The van der Waals surface area contributed by atoms with E-state index in [-0.39, 0.29) is 11.5 Å². The van der Waals surface area contributed by atoms with Crippen molar-refractivity contribution in [3.05, 3.63) is 76.7 Å². The van der Waals surface area contributed by atoms with Crippen molar-refractivity contribution < 1.29 is 9.18 Å². The zero-order valence-corrected chi connectivity index (χ0v) is 14.4. The predicted octanol–water partition coefficient (Wildman–Crippen LogP) is 3.85. The lowest BCUT2D eigenvalue weighted by Crippen LogP contribution is -2.25. The lowest BCUT2D eigenvalue weighted by Gasteiger charge is -2.08. The molecule has 0 atom stereocenters. The van der Waals surface area contributed by atoms with Crippen molar-refractivity contribution >= 4 is 17.5 Å². The Morgan fingerprint density at radius 3 is 2.64 bits per heavy atom. The SMILES string of the molecule is Cn1nccc1-c1cc(F)cc(C(=O)NCCc2ccc(Cl)cc2)c1. The maximum Gasteiger partial charge on any atom is 0.251 e. The molecule has 0 unspecified atom stereocenters. The number of hydrogen-bond donors (Lipinski definition) is 1. The fourth-order valence-corrected chi connectivity index (χ4v) is 2.73. The van der Waals surface area contributed by atoms with E-state index in [4.69, 9.17) is 11.6 Å². The van der Waals surface area contributed by atoms with Crippen molar-refractivity contribution in [1.29, 1.82) is 0 Å². The molecular formula is C19H17ClFN3O. The van der Waals surface area contributed by atoms with Crippen LogP contribution in [0, 0.1) is 5.82 Å². The highest BCUT2D eigenvalue weighted by Gasteiger charge is 2.11. The molecule has 3 rings (SSSR count). The summed E-state index contributed by atoms with van der Waals surface area (Å²) in [5, 5.41) is 7.56. The summed E-state index contributed by atoms with van der Waals surface area (Å²) in [5.74, 6) is -0.765. The van der Waals surface area contributed by atoms with E-state index in [0.29, 0.717) is 23.6 Å². The second kappa shape index (κ2) is 7.49. The van der Waals surface area contributed by atoms with Gasteiger partial charge in [0.15, 0.2) is 0 Å². The lowest BCUT2D eigenvalue weighted by atomic mass is 10.1. The molecule has 0 saturated carbocycles. The van der Waals surface area contributed by atoms with E-state index in [1.165, 1.54) is 12.1 Å². The smallest absolute Gasteiger partial charge is 0.251 e. The average Bonchev–Trinajstić information content (AvgIpc) is 3.02. The molecule has 4 nitrogen and oxygen atoms in total. The highest BCUT2D eigenvalue weighted by atomic mass is 35.5. The molecule has 3 aromatic rings. The number of nitrogens with zero attached hydrogens (tertiary/aromatic N) is 2. The van der Waals surface area contributed by atoms with Gasteiger partial charge in [0.1, 0.15) is 5.82 Å². The van der Waals surface area contributed by atoms with Gasteiger partial charge in [-0.05, 0) is 48.4 Å². The normalized spacial score (nSPS) is 10.7. The highest BCUT2D eigenvalue weighted by molar-refractivity contribution is 6.30. The van der Waals surface area contributed by atoms with Gasteiger partial charge >= 0.3 is 0 Å². The van der Waals surface area contributed by atoms with Crippen LogP contribution in [-0.4, -0.2) is 22.2 Å². The zero-order valence-electron chi connectivity index (χ0n) is 13.7. The zero-order chi connectivity index (χ0) is 17.8. The van der Waals surface area contributed by atoms with Crippen LogP contribution in [0.25, 0.3) is 11.3 Å². The Morgan fingerprint density at radius 1 is 1.20 bits per heavy atom. The molecule has 0 aliphatic rings. The van der Waals surface area contributed by atoms with Gasteiger partial charge in [-0.15, -0.1) is 0 Å². The van der Waals surface area contributed by atoms with Gasteiger partial charge in [-0.3, -0.25) is 9.48 Å². The summed E-state index contributed by atoms with van der Waals surface area (Å²) >= 11 is 5.85. The summed E-state index contributed by atoms with van der Waals surface area (Å²) in [5.41, 5.74) is 2.71. The number of hydrogen-bond acceptors (Lipinski definition) is 2. The monoisotopic (exact) mass is 357 g/mol. The number of rotatable bonds is 5. The first-order chi connectivity index (χ1) is 12.0. The molecule has 1 heterocycles. The minimum Gasteiger partial charge on any atom is -0.352 e. The summed E-state index contributed by atoms with van der Waals surface area (Å²) in [7, 11) is 1.77. The number of carbonyl (C=O) groups is 1. The van der Waals surface area contributed by atoms with Crippen molar-refractivity contribution in [3.8, 4) is 11.3 Å². The number of amides is 1. The fraction of sp³-hybridized carbons (Fsp3) is 0.158. The average molecular weight is 358 g/mol. The van der Waals surface area contributed by atoms with Crippen LogP contribution in [0.4, 0.5) is 4.39 Å². The molecular weight excluding hydrogens is 341 g/mol. The quantitative estimate of drug-likeness (QED) is 0.753. The van der Waals surface area contributed by atoms with Gasteiger partial charge in [-0.2, -0.15) is 5.10 Å². The summed E-state index contributed by atoms with van der Waals surface area (Å²) in [6, 6.07) is 13.5. The number of carbonyl (C=O) groups excluding carboxylic acids is 1. The summed E-state index contributed by atoms with van der Waals surface area (Å²) < 4.78 is 15.6. The van der Waals surface area contributed by atoms with E-state index in [9.17, 15) is 9.18 Å². The van der Waals surface area contributed by atoms with Gasteiger partial charge in [-0.25, -0.2) is 4.39 Å². The van der Waals surface area contributed by atoms with Crippen LogP contribution in [0.1, 0.15) is 15.9 Å².